The van der Waals surface area contributed by atoms with Gasteiger partial charge >= 0.3 is 0 Å². The van der Waals surface area contributed by atoms with Gasteiger partial charge in [-0.1, -0.05) is 59.7 Å². The molecule has 1 aromatic rings. The highest BCUT2D eigenvalue weighted by Gasteiger charge is 2.25. The highest BCUT2D eigenvalue weighted by molar-refractivity contribution is 5.34. The van der Waals surface area contributed by atoms with Crippen LogP contribution in [0.5, 0.6) is 0 Å². The van der Waals surface area contributed by atoms with Crippen LogP contribution in [0.3, 0.4) is 0 Å². The first kappa shape index (κ1) is 15.2. The van der Waals surface area contributed by atoms with Crippen LogP contribution in [0.25, 0.3) is 0 Å². The summed E-state index contributed by atoms with van der Waals surface area (Å²) in [6.45, 7) is 14.6. The third-order valence-corrected chi connectivity index (χ3v) is 3.60. The molecule has 0 saturated carbocycles. The second-order valence-corrected chi connectivity index (χ2v) is 6.09. The molecule has 0 saturated heterocycles. The number of rotatable bonds is 5. The first-order valence-corrected chi connectivity index (χ1v) is 7.29. The summed E-state index contributed by atoms with van der Waals surface area (Å²) < 4.78 is 0. The lowest BCUT2D eigenvalue weighted by molar-refractivity contribution is 0.276. The Kier molecular flexibility index (Phi) is 5.40. The Morgan fingerprint density at radius 1 is 1.00 bits per heavy atom. The van der Waals surface area contributed by atoms with Gasteiger partial charge in [0, 0.05) is 6.04 Å². The molecule has 0 amide bonds. The molecule has 0 spiro atoms. The van der Waals surface area contributed by atoms with Gasteiger partial charge in [0.25, 0.3) is 0 Å². The molecule has 102 valence electrons. The van der Waals surface area contributed by atoms with Gasteiger partial charge in [-0.3, -0.25) is 0 Å². The SMILES string of the molecule is CCNC(c1ccc(CC)c(CC)c1)C(C)(C)C. The van der Waals surface area contributed by atoms with Crippen molar-refractivity contribution in [1.82, 2.24) is 5.32 Å². The minimum Gasteiger partial charge on any atom is -0.310 e. The van der Waals surface area contributed by atoms with Crippen LogP contribution in [0.15, 0.2) is 18.2 Å². The standard InChI is InChI=1S/C17H29N/c1-7-13-10-11-15(12-14(13)8-2)16(18-9-3)17(4,5)6/h10-12,16,18H,7-9H2,1-6H3. The van der Waals surface area contributed by atoms with Crippen molar-refractivity contribution >= 4 is 0 Å². The number of hydrogen-bond donors (Lipinski definition) is 1. The molecule has 0 heterocycles. The van der Waals surface area contributed by atoms with Crippen LogP contribution in [0.4, 0.5) is 0 Å². The van der Waals surface area contributed by atoms with Gasteiger partial charge < -0.3 is 5.32 Å². The lowest BCUT2D eigenvalue weighted by Gasteiger charge is -2.32. The Bertz CT molecular complexity index is 374. The van der Waals surface area contributed by atoms with Crippen molar-refractivity contribution in [2.75, 3.05) is 6.54 Å². The van der Waals surface area contributed by atoms with E-state index in [2.05, 4.69) is 65.1 Å². The summed E-state index contributed by atoms with van der Waals surface area (Å²) in [5, 5.41) is 3.63. The summed E-state index contributed by atoms with van der Waals surface area (Å²) >= 11 is 0. The van der Waals surface area contributed by atoms with Crippen LogP contribution in [-0.4, -0.2) is 6.54 Å². The number of hydrogen-bond acceptors (Lipinski definition) is 1. The summed E-state index contributed by atoms with van der Waals surface area (Å²) in [5.41, 5.74) is 4.67. The Morgan fingerprint density at radius 2 is 1.61 bits per heavy atom. The maximum atomic E-state index is 3.63. The molecule has 1 unspecified atom stereocenters. The zero-order valence-corrected chi connectivity index (χ0v) is 12.9. The van der Waals surface area contributed by atoms with E-state index < -0.39 is 0 Å². The molecule has 1 nitrogen and oxygen atoms in total. The van der Waals surface area contributed by atoms with Gasteiger partial charge in [0.1, 0.15) is 0 Å². The van der Waals surface area contributed by atoms with Crippen LogP contribution in [0, 0.1) is 5.41 Å². The quantitative estimate of drug-likeness (QED) is 0.807. The smallest absolute Gasteiger partial charge is 0.0369 e. The van der Waals surface area contributed by atoms with E-state index in [1.807, 2.05) is 0 Å². The molecular formula is C17H29N. The molecule has 0 aliphatic rings. The lowest BCUT2D eigenvalue weighted by Crippen LogP contribution is -2.32. The van der Waals surface area contributed by atoms with Crippen molar-refractivity contribution in [3.63, 3.8) is 0 Å². The van der Waals surface area contributed by atoms with Gasteiger partial charge in [0.15, 0.2) is 0 Å². The van der Waals surface area contributed by atoms with E-state index >= 15 is 0 Å². The fraction of sp³-hybridized carbons (Fsp3) is 0.647. The van der Waals surface area contributed by atoms with Gasteiger partial charge in [0.05, 0.1) is 0 Å². The van der Waals surface area contributed by atoms with Crippen molar-refractivity contribution in [3.05, 3.63) is 34.9 Å². The van der Waals surface area contributed by atoms with Crippen molar-refractivity contribution in [1.29, 1.82) is 0 Å². The number of nitrogens with one attached hydrogen (secondary N) is 1. The molecule has 1 atom stereocenters. The Balaban J connectivity index is 3.13. The van der Waals surface area contributed by atoms with Crippen LogP contribution in [0.2, 0.25) is 0 Å². The molecule has 0 aliphatic heterocycles. The molecule has 0 aromatic heterocycles. The number of benzene rings is 1. The summed E-state index contributed by atoms with van der Waals surface area (Å²) in [6, 6.07) is 7.44. The van der Waals surface area contributed by atoms with Gasteiger partial charge in [-0.05, 0) is 41.5 Å². The number of aryl methyl sites for hydroxylation is 2. The second kappa shape index (κ2) is 6.38. The minimum absolute atomic E-state index is 0.245. The predicted octanol–water partition coefficient (Wildman–Crippen LogP) is 4.51. The van der Waals surface area contributed by atoms with Crippen LogP contribution in [-0.2, 0) is 12.8 Å². The molecule has 0 fully saturated rings. The summed E-state index contributed by atoms with van der Waals surface area (Å²) in [6.07, 6.45) is 2.25. The van der Waals surface area contributed by atoms with Gasteiger partial charge in [-0.25, -0.2) is 0 Å². The Hall–Kier alpha value is -0.820. The first-order chi connectivity index (χ1) is 8.43. The maximum Gasteiger partial charge on any atom is 0.0369 e. The van der Waals surface area contributed by atoms with E-state index in [0.717, 1.165) is 19.4 Å². The minimum atomic E-state index is 0.245. The van der Waals surface area contributed by atoms with Crippen molar-refractivity contribution in [3.8, 4) is 0 Å². The topological polar surface area (TPSA) is 12.0 Å². The molecule has 1 N–H and O–H groups in total. The zero-order valence-electron chi connectivity index (χ0n) is 12.9. The van der Waals surface area contributed by atoms with Crippen molar-refractivity contribution < 1.29 is 0 Å². The first-order valence-electron chi connectivity index (χ1n) is 7.29. The predicted molar refractivity (Wildman–Crippen MR) is 81.1 cm³/mol. The third kappa shape index (κ3) is 3.58. The highest BCUT2D eigenvalue weighted by atomic mass is 14.9. The van der Waals surface area contributed by atoms with E-state index in [1.54, 1.807) is 0 Å². The lowest BCUT2D eigenvalue weighted by atomic mass is 9.81. The summed E-state index contributed by atoms with van der Waals surface area (Å²) in [7, 11) is 0. The zero-order chi connectivity index (χ0) is 13.8. The molecule has 1 rings (SSSR count). The summed E-state index contributed by atoms with van der Waals surface area (Å²) in [5.74, 6) is 0. The monoisotopic (exact) mass is 247 g/mol. The molecule has 1 aromatic carbocycles. The molecule has 0 aliphatic carbocycles. The third-order valence-electron chi connectivity index (χ3n) is 3.60. The van der Waals surface area contributed by atoms with E-state index in [9.17, 15) is 0 Å². The van der Waals surface area contributed by atoms with E-state index in [-0.39, 0.29) is 5.41 Å². The van der Waals surface area contributed by atoms with Crippen LogP contribution in [0.1, 0.15) is 64.3 Å². The largest absolute Gasteiger partial charge is 0.310 e. The molecule has 1 heteroatoms. The fourth-order valence-corrected chi connectivity index (χ4v) is 2.63. The van der Waals surface area contributed by atoms with Crippen LogP contribution < -0.4 is 5.32 Å². The van der Waals surface area contributed by atoms with E-state index in [4.69, 9.17) is 0 Å². The van der Waals surface area contributed by atoms with Gasteiger partial charge in [-0.2, -0.15) is 0 Å². The average molecular weight is 247 g/mol. The van der Waals surface area contributed by atoms with Crippen molar-refractivity contribution in [2.45, 2.75) is 60.4 Å². The fourth-order valence-electron chi connectivity index (χ4n) is 2.63. The molecular weight excluding hydrogens is 218 g/mol. The normalized spacial score (nSPS) is 13.7. The van der Waals surface area contributed by atoms with Gasteiger partial charge in [-0.15, -0.1) is 0 Å². The Morgan fingerprint density at radius 3 is 2.06 bits per heavy atom. The van der Waals surface area contributed by atoms with E-state index in [1.165, 1.54) is 16.7 Å². The molecule has 18 heavy (non-hydrogen) atoms. The van der Waals surface area contributed by atoms with Crippen LogP contribution >= 0.6 is 0 Å². The second-order valence-electron chi connectivity index (χ2n) is 6.09. The average Bonchev–Trinajstić information content (AvgIpc) is 2.33. The maximum absolute atomic E-state index is 3.63. The van der Waals surface area contributed by atoms with E-state index in [0.29, 0.717) is 6.04 Å². The summed E-state index contributed by atoms with van der Waals surface area (Å²) in [4.78, 5) is 0. The Labute approximate surface area is 113 Å². The van der Waals surface area contributed by atoms with Crippen molar-refractivity contribution in [2.24, 2.45) is 5.41 Å². The molecule has 0 radical (unpaired) electrons. The highest BCUT2D eigenvalue weighted by Crippen LogP contribution is 2.33. The molecule has 0 bridgehead atoms. The van der Waals surface area contributed by atoms with Gasteiger partial charge in [0.2, 0.25) is 0 Å².